The molecule has 2 aromatic rings. The van der Waals surface area contributed by atoms with Gasteiger partial charge >= 0.3 is 0 Å². The molecule has 0 spiro atoms. The highest BCUT2D eigenvalue weighted by Crippen LogP contribution is 2.26. The number of anilines is 4. The van der Waals surface area contributed by atoms with Gasteiger partial charge in [-0.25, -0.2) is 9.97 Å². The van der Waals surface area contributed by atoms with Crippen LogP contribution in [-0.4, -0.2) is 110 Å². The van der Waals surface area contributed by atoms with E-state index < -0.39 is 0 Å². The Morgan fingerprint density at radius 1 is 0.846 bits per heavy atom. The van der Waals surface area contributed by atoms with Crippen LogP contribution in [0.3, 0.4) is 0 Å². The maximum atomic E-state index is 5.07. The zero-order chi connectivity index (χ0) is 28.2. The maximum Gasteiger partial charge on any atom is 0.227 e. The number of aromatic nitrogens is 4. The fourth-order valence-corrected chi connectivity index (χ4v) is 4.23. The van der Waals surface area contributed by atoms with E-state index >= 15 is 0 Å². The van der Waals surface area contributed by atoms with Gasteiger partial charge in [-0.3, -0.25) is 0 Å². The Labute approximate surface area is 234 Å². The summed E-state index contributed by atoms with van der Waals surface area (Å²) in [6.07, 6.45) is 0. The lowest BCUT2D eigenvalue weighted by atomic mass is 9.92. The van der Waals surface area contributed by atoms with Crippen LogP contribution in [0.5, 0.6) is 0 Å². The monoisotopic (exact) mass is 539 g/mol. The van der Waals surface area contributed by atoms with E-state index in [0.717, 1.165) is 81.3 Å². The first kappa shape index (κ1) is 29.2. The van der Waals surface area contributed by atoms with Gasteiger partial charge in [0.05, 0.1) is 23.5 Å². The molecule has 4 heterocycles. The summed E-state index contributed by atoms with van der Waals surface area (Å²) in [5.74, 6) is 3.64. The van der Waals surface area contributed by atoms with Crippen molar-refractivity contribution in [3.8, 4) is 0 Å². The Morgan fingerprint density at radius 2 is 1.49 bits per heavy atom. The second kappa shape index (κ2) is 12.6. The fourth-order valence-electron chi connectivity index (χ4n) is 4.23. The molecule has 2 aliphatic heterocycles. The van der Waals surface area contributed by atoms with Gasteiger partial charge in [-0.1, -0.05) is 34.6 Å². The van der Waals surface area contributed by atoms with Crippen molar-refractivity contribution in [2.75, 3.05) is 93.9 Å². The van der Waals surface area contributed by atoms with Crippen LogP contribution in [0.25, 0.3) is 0 Å². The molecule has 0 amide bonds. The predicted molar refractivity (Wildman–Crippen MR) is 161 cm³/mol. The summed E-state index contributed by atoms with van der Waals surface area (Å²) in [4.78, 5) is 26.4. The SMILES string of the molecule is CC(C)c1cc(N(C)CCN(CCN(C)C)c2nc(NC3CNC3)cc(C(C)(C)C)n2)nc(NC2CNC2)n1. The highest BCUT2D eigenvalue weighted by Gasteiger charge is 2.24. The van der Waals surface area contributed by atoms with E-state index in [4.69, 9.17) is 19.9 Å². The van der Waals surface area contributed by atoms with Crippen molar-refractivity contribution in [2.45, 2.75) is 58.0 Å². The molecule has 0 atom stereocenters. The van der Waals surface area contributed by atoms with Crippen LogP contribution < -0.4 is 31.1 Å². The van der Waals surface area contributed by atoms with E-state index in [1.165, 1.54) is 0 Å². The van der Waals surface area contributed by atoms with Crippen LogP contribution in [0.4, 0.5) is 23.5 Å². The minimum Gasteiger partial charge on any atom is -0.365 e. The molecule has 0 bridgehead atoms. The Kier molecular flexibility index (Phi) is 9.45. The predicted octanol–water partition coefficient (Wildman–Crippen LogP) is 1.96. The number of nitrogens with zero attached hydrogens (tertiary/aromatic N) is 7. The summed E-state index contributed by atoms with van der Waals surface area (Å²) in [6.45, 7) is 18.1. The van der Waals surface area contributed by atoms with E-state index in [-0.39, 0.29) is 5.41 Å². The van der Waals surface area contributed by atoms with Gasteiger partial charge < -0.3 is 36.0 Å². The summed E-state index contributed by atoms with van der Waals surface area (Å²) in [5.41, 5.74) is 2.02. The van der Waals surface area contributed by atoms with Gasteiger partial charge in [0.15, 0.2) is 0 Å². The zero-order valence-electron chi connectivity index (χ0n) is 25.2. The fraction of sp³-hybridized carbons (Fsp3) is 0.714. The number of likely N-dealkylation sites (N-methyl/N-ethyl adjacent to an activating group) is 2. The third-order valence-electron chi connectivity index (χ3n) is 7.25. The van der Waals surface area contributed by atoms with Crippen LogP contribution >= 0.6 is 0 Å². The zero-order valence-corrected chi connectivity index (χ0v) is 25.2. The number of rotatable bonds is 13. The molecule has 4 rings (SSSR count). The first-order valence-corrected chi connectivity index (χ1v) is 14.3. The van der Waals surface area contributed by atoms with Gasteiger partial charge in [0.25, 0.3) is 0 Å². The minimum absolute atomic E-state index is 0.0798. The molecule has 2 aromatic heterocycles. The summed E-state index contributed by atoms with van der Waals surface area (Å²) < 4.78 is 0. The van der Waals surface area contributed by atoms with Gasteiger partial charge in [0, 0.05) is 77.0 Å². The first-order chi connectivity index (χ1) is 18.5. The Balaban J connectivity index is 1.55. The minimum atomic E-state index is -0.0798. The lowest BCUT2D eigenvalue weighted by Gasteiger charge is -2.31. The molecule has 2 aliphatic rings. The highest BCUT2D eigenvalue weighted by molar-refractivity contribution is 5.48. The molecular weight excluding hydrogens is 490 g/mol. The molecule has 0 aromatic carbocycles. The molecule has 0 aliphatic carbocycles. The molecule has 216 valence electrons. The lowest BCUT2D eigenvalue weighted by molar-refractivity contribution is 0.412. The van der Waals surface area contributed by atoms with Gasteiger partial charge in [-0.05, 0) is 20.0 Å². The van der Waals surface area contributed by atoms with Crippen LogP contribution in [0.2, 0.25) is 0 Å². The standard InChI is InChI=1S/C28H49N11/c1-19(2)22-13-25(36-26(33-22)32-21-17-30-18-21)38(8)10-12-39(11-9-37(6)7)27-34-23(28(3,4)5)14-24(35-27)31-20-15-29-16-20/h13-14,19-21,29-30H,9-12,15-18H2,1-8H3,(H,31,34,35)(H,32,33,36). The van der Waals surface area contributed by atoms with Crippen molar-refractivity contribution in [3.63, 3.8) is 0 Å². The van der Waals surface area contributed by atoms with E-state index in [1.54, 1.807) is 0 Å². The van der Waals surface area contributed by atoms with Crippen LogP contribution in [0.15, 0.2) is 12.1 Å². The molecule has 11 nitrogen and oxygen atoms in total. The smallest absolute Gasteiger partial charge is 0.227 e. The molecule has 39 heavy (non-hydrogen) atoms. The maximum absolute atomic E-state index is 5.07. The lowest BCUT2D eigenvalue weighted by Crippen LogP contribution is -2.51. The van der Waals surface area contributed by atoms with E-state index in [1.807, 2.05) is 0 Å². The summed E-state index contributed by atoms with van der Waals surface area (Å²) in [6, 6.07) is 5.02. The van der Waals surface area contributed by atoms with Crippen molar-refractivity contribution < 1.29 is 0 Å². The molecule has 2 saturated heterocycles. The molecule has 4 N–H and O–H groups in total. The van der Waals surface area contributed by atoms with Crippen molar-refractivity contribution in [1.29, 1.82) is 0 Å². The molecule has 0 unspecified atom stereocenters. The number of hydrogen-bond acceptors (Lipinski definition) is 11. The second-order valence-electron chi connectivity index (χ2n) is 12.5. The average molecular weight is 540 g/mol. The molecular formula is C28H49N11. The topological polar surface area (TPSA) is 109 Å². The Hall–Kier alpha value is -2.76. The van der Waals surface area contributed by atoms with E-state index in [9.17, 15) is 0 Å². The second-order valence-corrected chi connectivity index (χ2v) is 12.5. The van der Waals surface area contributed by atoms with Crippen LogP contribution in [-0.2, 0) is 5.41 Å². The summed E-state index contributed by atoms with van der Waals surface area (Å²) in [7, 11) is 6.32. The molecule has 2 fully saturated rings. The van der Waals surface area contributed by atoms with E-state index in [0.29, 0.717) is 23.9 Å². The third-order valence-corrected chi connectivity index (χ3v) is 7.25. The van der Waals surface area contributed by atoms with Gasteiger partial charge in [0.1, 0.15) is 11.6 Å². The van der Waals surface area contributed by atoms with Crippen molar-refractivity contribution in [3.05, 3.63) is 23.5 Å². The first-order valence-electron chi connectivity index (χ1n) is 14.3. The van der Waals surface area contributed by atoms with Crippen molar-refractivity contribution >= 4 is 23.5 Å². The summed E-state index contributed by atoms with van der Waals surface area (Å²) in [5, 5.41) is 13.7. The van der Waals surface area contributed by atoms with Gasteiger partial charge in [-0.2, -0.15) is 9.97 Å². The normalized spacial score (nSPS) is 16.3. The quantitative estimate of drug-likeness (QED) is 0.300. The Morgan fingerprint density at radius 3 is 2.05 bits per heavy atom. The van der Waals surface area contributed by atoms with Gasteiger partial charge in [0.2, 0.25) is 11.9 Å². The van der Waals surface area contributed by atoms with Crippen molar-refractivity contribution in [2.24, 2.45) is 0 Å². The van der Waals surface area contributed by atoms with Crippen LogP contribution in [0, 0.1) is 0 Å². The Bertz CT molecular complexity index is 1070. The third kappa shape index (κ3) is 8.12. The average Bonchev–Trinajstić information content (AvgIpc) is 2.82. The van der Waals surface area contributed by atoms with Crippen LogP contribution in [0.1, 0.15) is 51.9 Å². The molecule has 0 radical (unpaired) electrons. The van der Waals surface area contributed by atoms with E-state index in [2.05, 4.69) is 104 Å². The molecule has 11 heteroatoms. The molecule has 0 saturated carbocycles. The van der Waals surface area contributed by atoms with Crippen molar-refractivity contribution in [1.82, 2.24) is 35.5 Å². The number of nitrogens with one attached hydrogen (secondary N) is 4. The van der Waals surface area contributed by atoms with Gasteiger partial charge in [-0.15, -0.1) is 0 Å². The highest BCUT2D eigenvalue weighted by atomic mass is 15.3. The summed E-state index contributed by atoms with van der Waals surface area (Å²) >= 11 is 0. The largest absolute Gasteiger partial charge is 0.365 e. The number of hydrogen-bond donors (Lipinski definition) is 4.